The van der Waals surface area contributed by atoms with E-state index in [2.05, 4.69) is 10.00 Å². The molecule has 4 rings (SSSR count). The van der Waals surface area contributed by atoms with Gasteiger partial charge in [0.2, 0.25) is 5.91 Å². The minimum atomic E-state index is -0.268. The lowest BCUT2D eigenvalue weighted by Gasteiger charge is -2.13. The molecule has 2 atom stereocenters. The van der Waals surface area contributed by atoms with Gasteiger partial charge in [0.15, 0.2) is 0 Å². The highest BCUT2D eigenvalue weighted by molar-refractivity contribution is 5.80. The first-order valence-electron chi connectivity index (χ1n) is 8.60. The fourth-order valence-corrected chi connectivity index (χ4v) is 3.77. The minimum Gasteiger partial charge on any atom is -0.497 e. The molecule has 1 saturated heterocycles. The summed E-state index contributed by atoms with van der Waals surface area (Å²) in [5.41, 5.74) is 7.53. The maximum Gasteiger partial charge on any atom is 0.222 e. The monoisotopic (exact) mass is 354 g/mol. The van der Waals surface area contributed by atoms with E-state index in [1.807, 2.05) is 43.7 Å². The molecular formula is C19H22N4O3. The molecular weight excluding hydrogens is 332 g/mol. The maximum absolute atomic E-state index is 11.9. The first-order chi connectivity index (χ1) is 12.5. The molecule has 0 radical (unpaired) electrons. The van der Waals surface area contributed by atoms with Crippen molar-refractivity contribution in [2.75, 3.05) is 20.2 Å². The van der Waals surface area contributed by atoms with Gasteiger partial charge in [-0.2, -0.15) is 5.10 Å². The number of amides is 1. The van der Waals surface area contributed by atoms with E-state index in [-0.39, 0.29) is 17.7 Å². The summed E-state index contributed by atoms with van der Waals surface area (Å²) >= 11 is 0. The van der Waals surface area contributed by atoms with Crippen LogP contribution in [0, 0.1) is 5.92 Å². The Balaban J connectivity index is 1.54. The van der Waals surface area contributed by atoms with Crippen LogP contribution in [-0.4, -0.2) is 40.8 Å². The van der Waals surface area contributed by atoms with Gasteiger partial charge in [0, 0.05) is 37.6 Å². The predicted molar refractivity (Wildman–Crippen MR) is 96.7 cm³/mol. The number of methoxy groups -OCH3 is 1. The minimum absolute atomic E-state index is 0.0608. The van der Waals surface area contributed by atoms with Gasteiger partial charge in [-0.15, -0.1) is 0 Å². The fraction of sp³-hybridized carbons (Fsp3) is 0.368. The van der Waals surface area contributed by atoms with Crippen LogP contribution in [0.2, 0.25) is 0 Å². The Morgan fingerprint density at radius 3 is 2.92 bits per heavy atom. The summed E-state index contributed by atoms with van der Waals surface area (Å²) in [6.45, 7) is 2.01. The van der Waals surface area contributed by atoms with Crippen molar-refractivity contribution >= 4 is 16.9 Å². The van der Waals surface area contributed by atoms with E-state index >= 15 is 0 Å². The summed E-state index contributed by atoms with van der Waals surface area (Å²) < 4.78 is 13.0. The van der Waals surface area contributed by atoms with Crippen molar-refractivity contribution in [3.8, 4) is 5.75 Å². The lowest BCUT2D eigenvalue weighted by molar-refractivity contribution is -0.121. The molecule has 1 fully saturated rings. The largest absolute Gasteiger partial charge is 0.497 e. The number of benzene rings is 1. The molecule has 3 aromatic rings. The van der Waals surface area contributed by atoms with Crippen LogP contribution in [0.15, 0.2) is 41.1 Å². The van der Waals surface area contributed by atoms with Crippen LogP contribution in [0.3, 0.4) is 0 Å². The van der Waals surface area contributed by atoms with Gasteiger partial charge in [0.25, 0.3) is 0 Å². The number of hydrogen-bond acceptors (Lipinski definition) is 5. The van der Waals surface area contributed by atoms with Crippen molar-refractivity contribution < 1.29 is 13.9 Å². The molecule has 0 aliphatic carbocycles. The zero-order chi connectivity index (χ0) is 18.3. The number of carbonyl (C=O) groups is 1. The second-order valence-corrected chi connectivity index (χ2v) is 6.87. The van der Waals surface area contributed by atoms with Crippen LogP contribution < -0.4 is 10.5 Å². The SMILES string of the molecule is COc1ccc2oc(CN3C[C@H](C(N)=O)[C@@H](c4cnn(C)c4)C3)cc2c1. The Bertz CT molecular complexity index is 945. The molecule has 1 aliphatic heterocycles. The predicted octanol–water partition coefficient (Wildman–Crippen LogP) is 1.88. The van der Waals surface area contributed by atoms with Crippen LogP contribution in [-0.2, 0) is 18.4 Å². The molecule has 2 N–H and O–H groups in total. The Hall–Kier alpha value is -2.80. The summed E-state index contributed by atoms with van der Waals surface area (Å²) in [5, 5.41) is 5.23. The molecule has 3 heterocycles. The standard InChI is InChI=1S/C19H22N4O3/c1-22-8-13(7-21-22)16-10-23(11-17(16)19(20)24)9-15-6-12-5-14(25-2)3-4-18(12)26-15/h3-8,16-17H,9-11H2,1-2H3,(H2,20,24)/t16-,17+/m1/s1. The van der Waals surface area contributed by atoms with Gasteiger partial charge in [-0.25, -0.2) is 0 Å². The number of fused-ring (bicyclic) bond motifs is 1. The third-order valence-corrected chi connectivity index (χ3v) is 5.07. The average molecular weight is 354 g/mol. The summed E-state index contributed by atoms with van der Waals surface area (Å²) in [6.07, 6.45) is 3.77. The van der Waals surface area contributed by atoms with E-state index in [4.69, 9.17) is 14.9 Å². The topological polar surface area (TPSA) is 86.5 Å². The van der Waals surface area contributed by atoms with Crippen LogP contribution in [0.25, 0.3) is 11.0 Å². The lowest BCUT2D eigenvalue weighted by Crippen LogP contribution is -2.29. The zero-order valence-electron chi connectivity index (χ0n) is 14.9. The van der Waals surface area contributed by atoms with Crippen molar-refractivity contribution in [1.29, 1.82) is 0 Å². The number of furan rings is 1. The number of aryl methyl sites for hydroxylation is 1. The van der Waals surface area contributed by atoms with Crippen molar-refractivity contribution in [3.05, 3.63) is 48.0 Å². The molecule has 0 spiro atoms. The van der Waals surface area contributed by atoms with E-state index in [0.29, 0.717) is 13.1 Å². The van der Waals surface area contributed by atoms with Gasteiger partial charge in [-0.1, -0.05) is 0 Å². The van der Waals surface area contributed by atoms with Gasteiger partial charge in [-0.05, 0) is 29.8 Å². The maximum atomic E-state index is 11.9. The zero-order valence-corrected chi connectivity index (χ0v) is 14.9. The summed E-state index contributed by atoms with van der Waals surface area (Å²) in [5.74, 6) is 1.24. The number of primary amides is 1. The highest BCUT2D eigenvalue weighted by Crippen LogP contribution is 2.34. The number of aromatic nitrogens is 2. The molecule has 2 aromatic heterocycles. The normalized spacial score (nSPS) is 20.7. The molecule has 1 aromatic carbocycles. The summed E-state index contributed by atoms with van der Waals surface area (Å²) in [4.78, 5) is 14.1. The number of rotatable bonds is 5. The van der Waals surface area contributed by atoms with Gasteiger partial charge < -0.3 is 14.9 Å². The van der Waals surface area contributed by atoms with Crippen molar-refractivity contribution in [1.82, 2.24) is 14.7 Å². The highest BCUT2D eigenvalue weighted by atomic mass is 16.5. The molecule has 26 heavy (non-hydrogen) atoms. The first-order valence-corrected chi connectivity index (χ1v) is 8.60. The van der Waals surface area contributed by atoms with E-state index in [9.17, 15) is 4.79 Å². The Morgan fingerprint density at radius 2 is 2.23 bits per heavy atom. The van der Waals surface area contributed by atoms with E-state index < -0.39 is 0 Å². The van der Waals surface area contributed by atoms with Crippen LogP contribution >= 0.6 is 0 Å². The van der Waals surface area contributed by atoms with Gasteiger partial charge >= 0.3 is 0 Å². The van der Waals surface area contributed by atoms with Crippen LogP contribution in [0.1, 0.15) is 17.2 Å². The number of carbonyl (C=O) groups excluding carboxylic acids is 1. The number of nitrogens with zero attached hydrogens (tertiary/aromatic N) is 3. The quantitative estimate of drug-likeness (QED) is 0.756. The molecule has 0 unspecified atom stereocenters. The first kappa shape index (κ1) is 16.7. The summed E-state index contributed by atoms with van der Waals surface area (Å²) in [7, 11) is 3.52. The third kappa shape index (κ3) is 3.06. The van der Waals surface area contributed by atoms with Gasteiger partial charge in [0.1, 0.15) is 17.1 Å². The lowest BCUT2D eigenvalue weighted by atomic mass is 9.90. The van der Waals surface area contributed by atoms with Crippen LogP contribution in [0.4, 0.5) is 0 Å². The second-order valence-electron chi connectivity index (χ2n) is 6.87. The third-order valence-electron chi connectivity index (χ3n) is 5.07. The Labute approximate surface area is 151 Å². The molecule has 136 valence electrons. The number of likely N-dealkylation sites (tertiary alicyclic amines) is 1. The number of ether oxygens (including phenoxy) is 1. The Morgan fingerprint density at radius 1 is 1.38 bits per heavy atom. The molecule has 1 amide bonds. The highest BCUT2D eigenvalue weighted by Gasteiger charge is 2.38. The van der Waals surface area contributed by atoms with Crippen molar-refractivity contribution in [3.63, 3.8) is 0 Å². The average Bonchev–Trinajstić information content (AvgIpc) is 3.31. The van der Waals surface area contributed by atoms with Crippen molar-refractivity contribution in [2.24, 2.45) is 18.7 Å². The molecule has 1 aliphatic rings. The fourth-order valence-electron chi connectivity index (χ4n) is 3.77. The molecule has 0 saturated carbocycles. The second kappa shape index (κ2) is 6.49. The van der Waals surface area contributed by atoms with Crippen LogP contribution in [0.5, 0.6) is 5.75 Å². The molecule has 7 nitrogen and oxygen atoms in total. The number of hydrogen-bond donors (Lipinski definition) is 1. The van der Waals surface area contributed by atoms with Gasteiger partial charge in [0.05, 0.1) is 25.8 Å². The van der Waals surface area contributed by atoms with E-state index in [1.165, 1.54) is 0 Å². The molecule has 7 heteroatoms. The summed E-state index contributed by atoms with van der Waals surface area (Å²) in [6, 6.07) is 7.77. The van der Waals surface area contributed by atoms with Crippen molar-refractivity contribution in [2.45, 2.75) is 12.5 Å². The smallest absolute Gasteiger partial charge is 0.222 e. The van der Waals surface area contributed by atoms with E-state index in [0.717, 1.165) is 34.6 Å². The van der Waals surface area contributed by atoms with Gasteiger partial charge in [-0.3, -0.25) is 14.4 Å². The molecule has 0 bridgehead atoms. The van der Waals surface area contributed by atoms with E-state index in [1.54, 1.807) is 11.8 Å². The number of nitrogens with two attached hydrogens (primary N) is 1. The Kier molecular flexibility index (Phi) is 4.16.